The van der Waals surface area contributed by atoms with Crippen LogP contribution >= 0.6 is 23.2 Å². The van der Waals surface area contributed by atoms with Gasteiger partial charge in [0.2, 0.25) is 0 Å². The predicted molar refractivity (Wildman–Crippen MR) is 118 cm³/mol. The van der Waals surface area contributed by atoms with Crippen LogP contribution in [0.4, 0.5) is 0 Å². The number of hydrogen-bond acceptors (Lipinski definition) is 4. The van der Waals surface area contributed by atoms with E-state index in [1.165, 1.54) is 4.90 Å². The number of amides is 2. The van der Waals surface area contributed by atoms with Gasteiger partial charge < -0.3 is 20.4 Å². The lowest BCUT2D eigenvalue weighted by molar-refractivity contribution is -0.153. The molecule has 0 saturated carbocycles. The Morgan fingerprint density at radius 1 is 1.10 bits per heavy atom. The molecular weight excluding hydrogens is 439 g/mol. The van der Waals surface area contributed by atoms with Crippen molar-refractivity contribution in [2.75, 3.05) is 13.1 Å². The Kier molecular flexibility index (Phi) is 7.94. The van der Waals surface area contributed by atoms with Gasteiger partial charge in [-0.1, -0.05) is 53.2 Å². The van der Waals surface area contributed by atoms with Gasteiger partial charge in [-0.25, -0.2) is 0 Å². The number of likely N-dealkylation sites (tertiary alicyclic amines) is 1. The van der Waals surface area contributed by atoms with Crippen LogP contribution in [0.15, 0.2) is 48.5 Å². The van der Waals surface area contributed by atoms with Crippen molar-refractivity contribution < 1.29 is 19.8 Å². The van der Waals surface area contributed by atoms with Gasteiger partial charge in [0, 0.05) is 22.2 Å². The number of aliphatic hydroxyl groups is 2. The SMILES string of the molecule is O=C(NCC#Cc1cccc(Cl)c1)[C@H](O)[C@@H](O)C(=O)N1CCCC1c1cccc(Cl)c1. The summed E-state index contributed by atoms with van der Waals surface area (Å²) < 4.78 is 0. The average molecular weight is 461 g/mol. The molecule has 1 aliphatic heterocycles. The number of nitrogens with one attached hydrogen (secondary N) is 1. The van der Waals surface area contributed by atoms with E-state index in [1.807, 2.05) is 6.07 Å². The van der Waals surface area contributed by atoms with Crippen molar-refractivity contribution in [2.24, 2.45) is 0 Å². The first-order valence-electron chi connectivity index (χ1n) is 9.81. The zero-order valence-electron chi connectivity index (χ0n) is 16.6. The maximum Gasteiger partial charge on any atom is 0.255 e. The molecule has 1 saturated heterocycles. The predicted octanol–water partition coefficient (Wildman–Crippen LogP) is 2.55. The molecule has 0 spiro atoms. The molecule has 0 aromatic heterocycles. The number of carbonyl (C=O) groups is 2. The van der Waals surface area contributed by atoms with Crippen molar-refractivity contribution in [3.05, 3.63) is 69.7 Å². The summed E-state index contributed by atoms with van der Waals surface area (Å²) in [6, 6.07) is 13.8. The molecule has 1 aliphatic rings. The third-order valence-corrected chi connectivity index (χ3v) is 5.47. The monoisotopic (exact) mass is 460 g/mol. The minimum absolute atomic E-state index is 0.0574. The van der Waals surface area contributed by atoms with Gasteiger partial charge in [0.15, 0.2) is 12.2 Å². The Morgan fingerprint density at radius 2 is 1.81 bits per heavy atom. The van der Waals surface area contributed by atoms with Gasteiger partial charge in [0.1, 0.15) is 0 Å². The second kappa shape index (κ2) is 10.7. The van der Waals surface area contributed by atoms with Crippen molar-refractivity contribution in [3.63, 3.8) is 0 Å². The molecule has 0 radical (unpaired) electrons. The van der Waals surface area contributed by atoms with Crippen LogP contribution in [0, 0.1) is 11.8 Å². The number of hydrogen-bond donors (Lipinski definition) is 3. The molecule has 3 N–H and O–H groups in total. The second-order valence-corrected chi connectivity index (χ2v) is 8.04. The van der Waals surface area contributed by atoms with Crippen LogP contribution < -0.4 is 5.32 Å². The molecule has 1 unspecified atom stereocenters. The molecule has 3 atom stereocenters. The smallest absolute Gasteiger partial charge is 0.255 e. The summed E-state index contributed by atoms with van der Waals surface area (Å²) in [6.07, 6.45) is -2.32. The van der Waals surface area contributed by atoms with E-state index in [1.54, 1.807) is 42.5 Å². The van der Waals surface area contributed by atoms with Crippen LogP contribution in [-0.4, -0.2) is 52.2 Å². The van der Waals surface area contributed by atoms with Crippen LogP contribution in [0.2, 0.25) is 10.0 Å². The molecule has 1 heterocycles. The zero-order valence-corrected chi connectivity index (χ0v) is 18.1. The number of nitrogens with zero attached hydrogens (tertiary/aromatic N) is 1. The lowest BCUT2D eigenvalue weighted by atomic mass is 10.0. The van der Waals surface area contributed by atoms with Gasteiger partial charge in [-0.2, -0.15) is 0 Å². The summed E-state index contributed by atoms with van der Waals surface area (Å²) in [6.45, 7) is 0.366. The van der Waals surface area contributed by atoms with Gasteiger partial charge in [0.05, 0.1) is 12.6 Å². The number of benzene rings is 2. The maximum atomic E-state index is 12.8. The molecule has 162 valence electrons. The van der Waals surface area contributed by atoms with Crippen molar-refractivity contribution >= 4 is 35.0 Å². The Bertz CT molecular complexity index is 1020. The van der Waals surface area contributed by atoms with E-state index in [2.05, 4.69) is 17.2 Å². The molecule has 1 fully saturated rings. The van der Waals surface area contributed by atoms with Crippen LogP contribution in [0.5, 0.6) is 0 Å². The van der Waals surface area contributed by atoms with Crippen LogP contribution in [-0.2, 0) is 9.59 Å². The lowest BCUT2D eigenvalue weighted by Crippen LogP contribution is -2.50. The fourth-order valence-corrected chi connectivity index (χ4v) is 3.88. The fourth-order valence-electron chi connectivity index (χ4n) is 3.49. The van der Waals surface area contributed by atoms with Crippen molar-refractivity contribution in [1.82, 2.24) is 10.2 Å². The molecular formula is C23H22Cl2N2O4. The van der Waals surface area contributed by atoms with Crippen molar-refractivity contribution in [3.8, 4) is 11.8 Å². The lowest BCUT2D eigenvalue weighted by Gasteiger charge is -2.28. The average Bonchev–Trinajstić information content (AvgIpc) is 3.25. The number of rotatable bonds is 5. The maximum absolute atomic E-state index is 12.8. The molecule has 2 amide bonds. The first-order chi connectivity index (χ1) is 14.9. The summed E-state index contributed by atoms with van der Waals surface area (Å²) in [5.74, 6) is 3.98. The Hall–Kier alpha value is -2.56. The van der Waals surface area contributed by atoms with Gasteiger partial charge in [0.25, 0.3) is 11.8 Å². The Morgan fingerprint density at radius 3 is 2.52 bits per heavy atom. The van der Waals surface area contributed by atoms with Gasteiger partial charge in [-0.05, 0) is 48.7 Å². The zero-order chi connectivity index (χ0) is 22.4. The molecule has 6 nitrogen and oxygen atoms in total. The molecule has 2 aromatic rings. The van der Waals surface area contributed by atoms with E-state index in [0.29, 0.717) is 28.6 Å². The van der Waals surface area contributed by atoms with E-state index in [0.717, 1.165) is 12.0 Å². The van der Waals surface area contributed by atoms with Crippen LogP contribution in [0.25, 0.3) is 0 Å². The highest BCUT2D eigenvalue weighted by molar-refractivity contribution is 6.30. The van der Waals surface area contributed by atoms with E-state index in [-0.39, 0.29) is 12.6 Å². The first-order valence-corrected chi connectivity index (χ1v) is 10.6. The molecule has 2 aromatic carbocycles. The first kappa shape index (κ1) is 23.1. The highest BCUT2D eigenvalue weighted by Crippen LogP contribution is 2.33. The van der Waals surface area contributed by atoms with Crippen molar-refractivity contribution in [1.29, 1.82) is 0 Å². The highest BCUT2D eigenvalue weighted by atomic mass is 35.5. The van der Waals surface area contributed by atoms with Crippen LogP contribution in [0.3, 0.4) is 0 Å². The van der Waals surface area contributed by atoms with E-state index >= 15 is 0 Å². The number of halogens is 2. The standard InChI is InChI=1S/C23H22Cl2N2O4/c24-17-8-1-5-15(13-17)6-3-11-26-22(30)20(28)21(29)23(31)27-12-4-10-19(27)16-7-2-9-18(25)14-16/h1-2,5,7-9,13-14,19-21,28-29H,4,10-12H2,(H,26,30)/t19?,20-,21-/m1/s1. The quantitative estimate of drug-likeness (QED) is 0.598. The van der Waals surface area contributed by atoms with Gasteiger partial charge in [-0.15, -0.1) is 0 Å². The topological polar surface area (TPSA) is 89.9 Å². The van der Waals surface area contributed by atoms with Gasteiger partial charge in [-0.3, -0.25) is 9.59 Å². The molecule has 8 heteroatoms. The molecule has 0 aliphatic carbocycles. The van der Waals surface area contributed by atoms with Gasteiger partial charge >= 0.3 is 0 Å². The van der Waals surface area contributed by atoms with E-state index in [9.17, 15) is 19.8 Å². The third kappa shape index (κ3) is 5.99. The van der Waals surface area contributed by atoms with E-state index < -0.39 is 24.0 Å². The third-order valence-electron chi connectivity index (χ3n) is 5.00. The molecule has 3 rings (SSSR count). The summed E-state index contributed by atoms with van der Waals surface area (Å²) in [7, 11) is 0. The molecule has 0 bridgehead atoms. The summed E-state index contributed by atoms with van der Waals surface area (Å²) in [5, 5.41) is 24.0. The number of carbonyl (C=O) groups excluding carboxylic acids is 2. The minimum atomic E-state index is -1.90. The van der Waals surface area contributed by atoms with E-state index in [4.69, 9.17) is 23.2 Å². The number of aliphatic hydroxyl groups excluding tert-OH is 2. The Labute approximate surface area is 190 Å². The van der Waals surface area contributed by atoms with Crippen molar-refractivity contribution in [2.45, 2.75) is 31.1 Å². The summed E-state index contributed by atoms with van der Waals surface area (Å²) in [5.41, 5.74) is 1.53. The fraction of sp³-hybridized carbons (Fsp3) is 0.304. The van der Waals surface area contributed by atoms with Crippen LogP contribution in [0.1, 0.15) is 30.0 Å². The normalized spacial score (nSPS) is 17.4. The summed E-state index contributed by atoms with van der Waals surface area (Å²) >= 11 is 11.9. The highest BCUT2D eigenvalue weighted by Gasteiger charge is 2.38. The summed E-state index contributed by atoms with van der Waals surface area (Å²) in [4.78, 5) is 26.4. The molecule has 31 heavy (non-hydrogen) atoms. The largest absolute Gasteiger partial charge is 0.380 e. The minimum Gasteiger partial charge on any atom is -0.380 e. The second-order valence-electron chi connectivity index (χ2n) is 7.16. The Balaban J connectivity index is 1.57.